The van der Waals surface area contributed by atoms with E-state index in [-0.39, 0.29) is 5.91 Å². The number of amides is 1. The number of rotatable bonds is 6. The highest BCUT2D eigenvalue weighted by atomic mass is 16.2. The topological polar surface area (TPSA) is 77.7 Å². The average Bonchev–Trinajstić information content (AvgIpc) is 3.37. The van der Waals surface area contributed by atoms with E-state index in [0.717, 1.165) is 40.8 Å². The fraction of sp³-hybridized carbons (Fsp3) is 0.190. The van der Waals surface area contributed by atoms with Crippen LogP contribution in [0, 0.1) is 0 Å². The number of aryl methyl sites for hydroxylation is 1. The first-order chi connectivity index (χ1) is 13.2. The lowest BCUT2D eigenvalue weighted by Gasteiger charge is -2.17. The second-order valence-electron chi connectivity index (χ2n) is 6.61. The highest BCUT2D eigenvalue weighted by Gasteiger charge is 2.13. The molecule has 0 saturated heterocycles. The monoisotopic (exact) mass is 359 g/mol. The van der Waals surface area contributed by atoms with Crippen molar-refractivity contribution in [1.82, 2.24) is 25.1 Å². The van der Waals surface area contributed by atoms with Crippen LogP contribution in [-0.2, 0) is 6.42 Å². The number of hydrogen-bond donors (Lipinski definition) is 2. The van der Waals surface area contributed by atoms with E-state index in [9.17, 15) is 4.79 Å². The highest BCUT2D eigenvalue weighted by Crippen LogP contribution is 2.18. The van der Waals surface area contributed by atoms with Crippen molar-refractivity contribution in [3.05, 3.63) is 72.2 Å². The van der Waals surface area contributed by atoms with E-state index in [1.165, 1.54) is 0 Å². The van der Waals surface area contributed by atoms with Gasteiger partial charge in [0.25, 0.3) is 5.91 Å². The van der Waals surface area contributed by atoms with E-state index in [0.29, 0.717) is 12.1 Å². The molecule has 6 heteroatoms. The number of hydrogen-bond acceptors (Lipinski definition) is 3. The minimum atomic E-state index is 0.0149. The fourth-order valence-electron chi connectivity index (χ4n) is 3.14. The van der Waals surface area contributed by atoms with E-state index in [4.69, 9.17) is 0 Å². The Morgan fingerprint density at radius 2 is 1.96 bits per heavy atom. The fourth-order valence-corrected chi connectivity index (χ4v) is 3.14. The number of H-pyrrole nitrogens is 2. The van der Waals surface area contributed by atoms with Gasteiger partial charge in [-0.05, 0) is 37.1 Å². The van der Waals surface area contributed by atoms with Crippen molar-refractivity contribution in [3.8, 4) is 11.3 Å². The molecule has 136 valence electrons. The normalized spacial score (nSPS) is 11.0. The van der Waals surface area contributed by atoms with Gasteiger partial charge < -0.3 is 9.88 Å². The largest absolute Gasteiger partial charge is 0.345 e. The Bertz CT molecular complexity index is 1050. The lowest BCUT2D eigenvalue weighted by molar-refractivity contribution is 0.0793. The summed E-state index contributed by atoms with van der Waals surface area (Å²) in [5.41, 5.74) is 5.53. The molecule has 0 aliphatic carbocycles. The maximum atomic E-state index is 12.6. The van der Waals surface area contributed by atoms with Crippen LogP contribution in [0.4, 0.5) is 0 Å². The zero-order valence-electron chi connectivity index (χ0n) is 15.1. The summed E-state index contributed by atoms with van der Waals surface area (Å²) in [6.45, 7) is 0.680. The van der Waals surface area contributed by atoms with Crippen LogP contribution < -0.4 is 0 Å². The SMILES string of the molecule is CN(CCCc1cc(-c2ccccc2)n[nH]1)C(=O)c1ccc2nc[nH]c2c1. The number of nitrogens with one attached hydrogen (secondary N) is 2. The Morgan fingerprint density at radius 3 is 2.81 bits per heavy atom. The van der Waals surface area contributed by atoms with Crippen LogP contribution in [0.3, 0.4) is 0 Å². The molecule has 0 unspecified atom stereocenters. The lowest BCUT2D eigenvalue weighted by atomic mass is 10.1. The quantitative estimate of drug-likeness (QED) is 0.551. The summed E-state index contributed by atoms with van der Waals surface area (Å²) in [5.74, 6) is 0.0149. The molecule has 0 aliphatic heterocycles. The summed E-state index contributed by atoms with van der Waals surface area (Å²) in [6.07, 6.45) is 3.35. The van der Waals surface area contributed by atoms with Gasteiger partial charge in [-0.25, -0.2) is 4.98 Å². The third-order valence-electron chi connectivity index (χ3n) is 4.65. The van der Waals surface area contributed by atoms with Crippen molar-refractivity contribution in [2.75, 3.05) is 13.6 Å². The number of aromatic amines is 2. The summed E-state index contributed by atoms with van der Waals surface area (Å²) in [5, 5.41) is 7.47. The van der Waals surface area contributed by atoms with Crippen LogP contribution in [-0.4, -0.2) is 44.6 Å². The molecule has 2 aromatic heterocycles. The molecule has 0 spiro atoms. The first-order valence-electron chi connectivity index (χ1n) is 8.99. The van der Waals surface area contributed by atoms with Crippen LogP contribution in [0.15, 0.2) is 60.9 Å². The Labute approximate surface area is 157 Å². The third-order valence-corrected chi connectivity index (χ3v) is 4.65. The van der Waals surface area contributed by atoms with Gasteiger partial charge in [0.05, 0.1) is 23.1 Å². The molecule has 4 rings (SSSR count). The average molecular weight is 359 g/mol. The summed E-state index contributed by atoms with van der Waals surface area (Å²) >= 11 is 0. The number of nitrogens with zero attached hydrogens (tertiary/aromatic N) is 3. The Balaban J connectivity index is 1.33. The molecule has 2 aromatic carbocycles. The van der Waals surface area contributed by atoms with Crippen molar-refractivity contribution in [1.29, 1.82) is 0 Å². The smallest absolute Gasteiger partial charge is 0.253 e. The van der Waals surface area contributed by atoms with Crippen LogP contribution in [0.2, 0.25) is 0 Å². The number of carbonyl (C=O) groups is 1. The second kappa shape index (κ2) is 7.45. The van der Waals surface area contributed by atoms with E-state index in [1.54, 1.807) is 11.2 Å². The van der Waals surface area contributed by atoms with Gasteiger partial charge in [-0.1, -0.05) is 30.3 Å². The zero-order chi connectivity index (χ0) is 18.6. The van der Waals surface area contributed by atoms with Gasteiger partial charge in [0.1, 0.15) is 0 Å². The molecular formula is C21H21N5O. The number of aromatic nitrogens is 4. The van der Waals surface area contributed by atoms with Crippen molar-refractivity contribution in [3.63, 3.8) is 0 Å². The summed E-state index contributed by atoms with van der Waals surface area (Å²) in [7, 11) is 1.84. The molecule has 2 N–H and O–H groups in total. The summed E-state index contributed by atoms with van der Waals surface area (Å²) < 4.78 is 0. The van der Waals surface area contributed by atoms with Crippen LogP contribution >= 0.6 is 0 Å². The maximum Gasteiger partial charge on any atom is 0.253 e. The zero-order valence-corrected chi connectivity index (χ0v) is 15.1. The van der Waals surface area contributed by atoms with Crippen molar-refractivity contribution in [2.45, 2.75) is 12.8 Å². The van der Waals surface area contributed by atoms with Crippen molar-refractivity contribution < 1.29 is 4.79 Å². The second-order valence-corrected chi connectivity index (χ2v) is 6.61. The van der Waals surface area contributed by atoms with E-state index < -0.39 is 0 Å². The van der Waals surface area contributed by atoms with E-state index in [1.807, 2.05) is 55.6 Å². The number of fused-ring (bicyclic) bond motifs is 1. The molecule has 0 fully saturated rings. The molecule has 0 saturated carbocycles. The predicted molar refractivity (Wildman–Crippen MR) is 105 cm³/mol. The number of imidazole rings is 1. The van der Waals surface area contributed by atoms with Gasteiger partial charge in [0.15, 0.2) is 0 Å². The molecule has 0 radical (unpaired) electrons. The molecule has 0 aliphatic rings. The third kappa shape index (κ3) is 3.74. The van der Waals surface area contributed by atoms with Gasteiger partial charge in [-0.15, -0.1) is 0 Å². The van der Waals surface area contributed by atoms with Gasteiger partial charge in [-0.2, -0.15) is 5.10 Å². The summed E-state index contributed by atoms with van der Waals surface area (Å²) in [6, 6.07) is 17.7. The van der Waals surface area contributed by atoms with Gasteiger partial charge in [0.2, 0.25) is 0 Å². The molecule has 27 heavy (non-hydrogen) atoms. The van der Waals surface area contributed by atoms with E-state index >= 15 is 0 Å². The van der Waals surface area contributed by atoms with E-state index in [2.05, 4.69) is 26.2 Å². The summed E-state index contributed by atoms with van der Waals surface area (Å²) in [4.78, 5) is 21.6. The van der Waals surface area contributed by atoms with Crippen molar-refractivity contribution in [2.24, 2.45) is 0 Å². The number of benzene rings is 2. The molecule has 2 heterocycles. The molecule has 1 amide bonds. The lowest BCUT2D eigenvalue weighted by Crippen LogP contribution is -2.28. The predicted octanol–water partition coefficient (Wildman–Crippen LogP) is 3.66. The minimum absolute atomic E-state index is 0.0149. The molecule has 0 bridgehead atoms. The minimum Gasteiger partial charge on any atom is -0.345 e. The van der Waals surface area contributed by atoms with Gasteiger partial charge in [-0.3, -0.25) is 9.89 Å². The Hall–Kier alpha value is -3.41. The van der Waals surface area contributed by atoms with Crippen molar-refractivity contribution >= 4 is 16.9 Å². The molecule has 6 nitrogen and oxygen atoms in total. The standard InChI is InChI=1S/C21H21N5O/c1-26(21(27)16-9-10-18-20(12-16)23-14-22-18)11-5-8-17-13-19(25-24-17)15-6-3-2-4-7-15/h2-4,6-7,9-10,12-14H,5,8,11H2,1H3,(H,22,23)(H,24,25). The Morgan fingerprint density at radius 1 is 1.11 bits per heavy atom. The maximum absolute atomic E-state index is 12.6. The molecular weight excluding hydrogens is 338 g/mol. The molecule has 0 atom stereocenters. The number of carbonyl (C=O) groups excluding carboxylic acids is 1. The highest BCUT2D eigenvalue weighted by molar-refractivity contribution is 5.97. The Kier molecular flexibility index (Phi) is 4.70. The first kappa shape index (κ1) is 17.0. The van der Waals surface area contributed by atoms with Crippen LogP contribution in [0.5, 0.6) is 0 Å². The van der Waals surface area contributed by atoms with Gasteiger partial charge in [0, 0.05) is 30.4 Å². The first-order valence-corrected chi connectivity index (χ1v) is 8.99. The van der Waals surface area contributed by atoms with Crippen LogP contribution in [0.25, 0.3) is 22.3 Å². The van der Waals surface area contributed by atoms with Gasteiger partial charge >= 0.3 is 0 Å². The molecule has 4 aromatic rings. The van der Waals surface area contributed by atoms with Crippen LogP contribution in [0.1, 0.15) is 22.5 Å².